The molecule has 0 atom stereocenters. The average Bonchev–Trinajstić information content (AvgIpc) is 2.36. The molecule has 0 amide bonds. The summed E-state index contributed by atoms with van der Waals surface area (Å²) in [5, 5.41) is 3.82. The van der Waals surface area contributed by atoms with E-state index in [1.165, 1.54) is 18.5 Å². The molecule has 0 aliphatic rings. The number of ketones is 1. The molecule has 0 aliphatic heterocycles. The lowest BCUT2D eigenvalue weighted by Crippen LogP contribution is -1.99. The van der Waals surface area contributed by atoms with Gasteiger partial charge in [0.1, 0.15) is 5.78 Å². The third-order valence-electron chi connectivity index (χ3n) is 1.20. The summed E-state index contributed by atoms with van der Waals surface area (Å²) in [6.07, 6.45) is 0.335. The van der Waals surface area contributed by atoms with Gasteiger partial charge in [-0.2, -0.15) is 4.37 Å². The van der Waals surface area contributed by atoms with E-state index in [0.717, 1.165) is 11.7 Å². The van der Waals surface area contributed by atoms with Gasteiger partial charge in [-0.3, -0.25) is 4.79 Å². The molecular formula is C7H11N3OS. The van der Waals surface area contributed by atoms with Gasteiger partial charge < -0.3 is 5.32 Å². The van der Waals surface area contributed by atoms with Crippen LogP contribution in [0.15, 0.2) is 0 Å². The molecule has 1 rings (SSSR count). The van der Waals surface area contributed by atoms with Crippen molar-refractivity contribution in [3.8, 4) is 0 Å². The number of Topliss-reactive ketones (excluding diaryl/α,β-unsaturated/α-hetero) is 1. The zero-order valence-corrected chi connectivity index (χ0v) is 7.94. The van der Waals surface area contributed by atoms with Crippen LogP contribution in [0.5, 0.6) is 0 Å². The summed E-state index contributed by atoms with van der Waals surface area (Å²) in [5.74, 6) is 0.708. The quantitative estimate of drug-likeness (QED) is 0.763. The molecule has 12 heavy (non-hydrogen) atoms. The van der Waals surface area contributed by atoms with E-state index < -0.39 is 0 Å². The van der Waals surface area contributed by atoms with E-state index in [-0.39, 0.29) is 5.78 Å². The molecule has 5 heteroatoms. The van der Waals surface area contributed by atoms with Crippen molar-refractivity contribution in [3.63, 3.8) is 0 Å². The van der Waals surface area contributed by atoms with Crippen molar-refractivity contribution in [2.45, 2.75) is 20.3 Å². The van der Waals surface area contributed by atoms with Crippen LogP contribution in [0.25, 0.3) is 0 Å². The van der Waals surface area contributed by atoms with Gasteiger partial charge in [-0.05, 0) is 13.8 Å². The maximum Gasteiger partial charge on any atom is 0.202 e. The van der Waals surface area contributed by atoms with E-state index in [0.29, 0.717) is 12.2 Å². The smallest absolute Gasteiger partial charge is 0.202 e. The summed E-state index contributed by atoms with van der Waals surface area (Å²) >= 11 is 1.29. The maximum atomic E-state index is 10.7. The lowest BCUT2D eigenvalue weighted by atomic mass is 10.3. The summed E-state index contributed by atoms with van der Waals surface area (Å²) in [7, 11) is 0. The number of hydrogen-bond donors (Lipinski definition) is 1. The fourth-order valence-electron chi connectivity index (χ4n) is 0.771. The van der Waals surface area contributed by atoms with Crippen molar-refractivity contribution in [2.75, 3.05) is 11.9 Å². The molecule has 66 valence electrons. The molecule has 4 nitrogen and oxygen atoms in total. The molecule has 0 aliphatic carbocycles. The number of rotatable bonds is 4. The van der Waals surface area contributed by atoms with Gasteiger partial charge in [0.25, 0.3) is 0 Å². The third kappa shape index (κ3) is 2.58. The minimum Gasteiger partial charge on any atom is -0.361 e. The van der Waals surface area contributed by atoms with Gasteiger partial charge in [0.05, 0.1) is 6.42 Å². The molecule has 0 bridgehead atoms. The lowest BCUT2D eigenvalue weighted by molar-refractivity contribution is -0.116. The Balaban J connectivity index is 2.58. The first-order valence-electron chi connectivity index (χ1n) is 3.78. The molecule has 1 aromatic rings. The van der Waals surface area contributed by atoms with E-state index in [4.69, 9.17) is 0 Å². The first-order chi connectivity index (χ1) is 5.72. The van der Waals surface area contributed by atoms with Crippen molar-refractivity contribution >= 4 is 22.4 Å². The molecule has 0 aromatic carbocycles. The second-order valence-electron chi connectivity index (χ2n) is 2.42. The van der Waals surface area contributed by atoms with Crippen molar-refractivity contribution in [1.82, 2.24) is 9.36 Å². The summed E-state index contributed by atoms with van der Waals surface area (Å²) in [4.78, 5) is 14.8. The van der Waals surface area contributed by atoms with Crippen molar-refractivity contribution in [1.29, 1.82) is 0 Å². The monoisotopic (exact) mass is 185 g/mol. The third-order valence-corrected chi connectivity index (χ3v) is 1.91. The van der Waals surface area contributed by atoms with E-state index in [1.54, 1.807) is 0 Å². The predicted octanol–water partition coefficient (Wildman–Crippen LogP) is 1.10. The Morgan fingerprint density at radius 1 is 1.67 bits per heavy atom. The van der Waals surface area contributed by atoms with Crippen LogP contribution < -0.4 is 5.32 Å². The summed E-state index contributed by atoms with van der Waals surface area (Å²) in [6.45, 7) is 4.36. The zero-order valence-electron chi connectivity index (χ0n) is 7.13. The molecule has 1 N–H and O–H groups in total. The molecule has 0 unspecified atom stereocenters. The van der Waals surface area contributed by atoms with Crippen LogP contribution in [0.3, 0.4) is 0 Å². The molecule has 1 heterocycles. The fraction of sp³-hybridized carbons (Fsp3) is 0.571. The molecule has 0 spiro atoms. The molecular weight excluding hydrogens is 174 g/mol. The van der Waals surface area contributed by atoms with Gasteiger partial charge in [-0.25, -0.2) is 4.98 Å². The van der Waals surface area contributed by atoms with Gasteiger partial charge in [0.15, 0.2) is 5.82 Å². The van der Waals surface area contributed by atoms with Crippen molar-refractivity contribution < 1.29 is 4.79 Å². The highest BCUT2D eigenvalue weighted by Gasteiger charge is 2.04. The van der Waals surface area contributed by atoms with Crippen molar-refractivity contribution in [3.05, 3.63) is 5.82 Å². The van der Waals surface area contributed by atoms with Crippen LogP contribution in [0.2, 0.25) is 0 Å². The SMILES string of the molecule is CCNc1nc(CC(C)=O)ns1. The topological polar surface area (TPSA) is 54.9 Å². The minimum absolute atomic E-state index is 0.0934. The van der Waals surface area contributed by atoms with Crippen molar-refractivity contribution in [2.24, 2.45) is 0 Å². The number of hydrogen-bond acceptors (Lipinski definition) is 5. The lowest BCUT2D eigenvalue weighted by Gasteiger charge is -1.91. The number of carbonyl (C=O) groups excluding carboxylic acids is 1. The molecule has 0 saturated heterocycles. The van der Waals surface area contributed by atoms with Crippen LogP contribution >= 0.6 is 11.5 Å². The average molecular weight is 185 g/mol. The van der Waals surface area contributed by atoms with Gasteiger partial charge in [0.2, 0.25) is 5.13 Å². The van der Waals surface area contributed by atoms with Gasteiger partial charge >= 0.3 is 0 Å². The number of nitrogens with one attached hydrogen (secondary N) is 1. The number of carbonyl (C=O) groups is 1. The molecule has 0 fully saturated rings. The Hall–Kier alpha value is -0.970. The Labute approximate surface area is 75.2 Å². The molecule has 0 radical (unpaired) electrons. The van der Waals surface area contributed by atoms with E-state index >= 15 is 0 Å². The molecule has 0 saturated carbocycles. The van der Waals surface area contributed by atoms with E-state index in [1.807, 2.05) is 6.92 Å². The minimum atomic E-state index is 0.0934. The summed E-state index contributed by atoms with van der Waals surface area (Å²) in [5.41, 5.74) is 0. The van der Waals surface area contributed by atoms with Crippen LogP contribution in [-0.2, 0) is 11.2 Å². The summed E-state index contributed by atoms with van der Waals surface area (Å²) < 4.78 is 4.02. The Morgan fingerprint density at radius 2 is 2.42 bits per heavy atom. The van der Waals surface area contributed by atoms with E-state index in [2.05, 4.69) is 14.7 Å². The zero-order chi connectivity index (χ0) is 8.97. The number of aromatic nitrogens is 2. The van der Waals surface area contributed by atoms with Gasteiger partial charge in [0, 0.05) is 18.1 Å². The first kappa shape index (κ1) is 9.12. The fourth-order valence-corrected chi connectivity index (χ4v) is 1.42. The van der Waals surface area contributed by atoms with Gasteiger partial charge in [-0.1, -0.05) is 0 Å². The Morgan fingerprint density at radius 3 is 3.00 bits per heavy atom. The molecule has 1 aromatic heterocycles. The van der Waals surface area contributed by atoms with Crippen LogP contribution in [0.4, 0.5) is 5.13 Å². The normalized spacial score (nSPS) is 9.83. The summed E-state index contributed by atoms with van der Waals surface area (Å²) in [6, 6.07) is 0. The van der Waals surface area contributed by atoms with E-state index in [9.17, 15) is 4.79 Å². The van der Waals surface area contributed by atoms with Crippen LogP contribution in [0, 0.1) is 0 Å². The second-order valence-corrected chi connectivity index (χ2v) is 3.18. The second kappa shape index (κ2) is 4.15. The Bertz CT molecular complexity index is 271. The number of nitrogens with zero attached hydrogens (tertiary/aromatic N) is 2. The van der Waals surface area contributed by atoms with Crippen LogP contribution in [-0.4, -0.2) is 21.7 Å². The maximum absolute atomic E-state index is 10.7. The van der Waals surface area contributed by atoms with Gasteiger partial charge in [-0.15, -0.1) is 0 Å². The Kier molecular flexibility index (Phi) is 3.16. The predicted molar refractivity (Wildman–Crippen MR) is 48.5 cm³/mol. The highest BCUT2D eigenvalue weighted by atomic mass is 32.1. The highest BCUT2D eigenvalue weighted by molar-refractivity contribution is 7.09. The highest BCUT2D eigenvalue weighted by Crippen LogP contribution is 2.10. The standard InChI is InChI=1S/C7H11N3OS/c1-3-8-7-9-6(10-12-7)4-5(2)11/h3-4H2,1-2H3,(H,8,9,10). The largest absolute Gasteiger partial charge is 0.361 e. The number of anilines is 1. The first-order valence-corrected chi connectivity index (χ1v) is 4.55. The van der Waals surface area contributed by atoms with Crippen LogP contribution in [0.1, 0.15) is 19.7 Å².